The summed E-state index contributed by atoms with van der Waals surface area (Å²) < 4.78 is 37.8. The van der Waals surface area contributed by atoms with Crippen LogP contribution in [0.1, 0.15) is 21.7 Å². The van der Waals surface area contributed by atoms with Crippen LogP contribution in [0.5, 0.6) is 0 Å². The molecule has 1 fully saturated rings. The maximum absolute atomic E-state index is 13.9. The standard InChI is InChI=1S/C15H16FNO3S2/c1-9-13-11(16)4-3-5-12(13)21-14(9)15(18)17(2)10-6-7-22(19,20)8-10/h3-5,10H,6-8H2,1-2H3. The average molecular weight is 341 g/mol. The van der Waals surface area contributed by atoms with Crippen molar-refractivity contribution in [1.29, 1.82) is 0 Å². The van der Waals surface area contributed by atoms with E-state index in [9.17, 15) is 17.6 Å². The molecule has 1 aromatic heterocycles. The van der Waals surface area contributed by atoms with E-state index in [2.05, 4.69) is 0 Å². The van der Waals surface area contributed by atoms with Gasteiger partial charge in [0.15, 0.2) is 9.84 Å². The molecule has 1 atom stereocenters. The van der Waals surface area contributed by atoms with Crippen LogP contribution in [-0.4, -0.2) is 43.8 Å². The fourth-order valence-corrected chi connectivity index (χ4v) is 5.84. The van der Waals surface area contributed by atoms with Crippen molar-refractivity contribution < 1.29 is 17.6 Å². The van der Waals surface area contributed by atoms with Crippen molar-refractivity contribution in [3.63, 3.8) is 0 Å². The van der Waals surface area contributed by atoms with E-state index >= 15 is 0 Å². The third-order valence-electron chi connectivity index (χ3n) is 4.17. The van der Waals surface area contributed by atoms with E-state index in [0.29, 0.717) is 22.2 Å². The first kappa shape index (κ1) is 15.4. The third kappa shape index (κ3) is 2.52. The van der Waals surface area contributed by atoms with Gasteiger partial charge in [-0.25, -0.2) is 12.8 Å². The van der Waals surface area contributed by atoms with Gasteiger partial charge in [0.05, 0.1) is 16.4 Å². The Kier molecular flexibility index (Phi) is 3.72. The zero-order valence-electron chi connectivity index (χ0n) is 12.3. The molecule has 0 radical (unpaired) electrons. The summed E-state index contributed by atoms with van der Waals surface area (Å²) in [5.74, 6) is -0.445. The van der Waals surface area contributed by atoms with Gasteiger partial charge < -0.3 is 4.90 Å². The van der Waals surface area contributed by atoms with Crippen molar-refractivity contribution in [3.8, 4) is 0 Å². The van der Waals surface area contributed by atoms with Gasteiger partial charge in [0, 0.05) is 23.2 Å². The third-order valence-corrected chi connectivity index (χ3v) is 7.17. The lowest BCUT2D eigenvalue weighted by atomic mass is 10.1. The first-order chi connectivity index (χ1) is 10.3. The van der Waals surface area contributed by atoms with Crippen LogP contribution < -0.4 is 0 Å². The lowest BCUT2D eigenvalue weighted by molar-refractivity contribution is 0.0752. The van der Waals surface area contributed by atoms with Crippen LogP contribution in [0.25, 0.3) is 10.1 Å². The number of amides is 1. The maximum atomic E-state index is 13.9. The molecule has 3 rings (SSSR count). The van der Waals surface area contributed by atoms with Crippen molar-refractivity contribution in [2.24, 2.45) is 0 Å². The van der Waals surface area contributed by atoms with Crippen LogP contribution in [0.15, 0.2) is 18.2 Å². The Balaban J connectivity index is 1.96. The molecule has 0 aliphatic carbocycles. The molecule has 0 bridgehead atoms. The number of hydrogen-bond donors (Lipinski definition) is 0. The molecule has 118 valence electrons. The second-order valence-electron chi connectivity index (χ2n) is 5.64. The minimum Gasteiger partial charge on any atom is -0.337 e. The lowest BCUT2D eigenvalue weighted by Gasteiger charge is -2.23. The molecule has 0 spiro atoms. The second-order valence-corrected chi connectivity index (χ2v) is 8.92. The number of nitrogens with zero attached hydrogens (tertiary/aromatic N) is 1. The van der Waals surface area contributed by atoms with Gasteiger partial charge in [-0.05, 0) is 31.0 Å². The number of rotatable bonds is 2. The molecule has 1 aliphatic heterocycles. The van der Waals surface area contributed by atoms with Crippen molar-refractivity contribution >= 4 is 37.2 Å². The summed E-state index contributed by atoms with van der Waals surface area (Å²) in [6.45, 7) is 1.73. The number of hydrogen-bond acceptors (Lipinski definition) is 4. The zero-order valence-corrected chi connectivity index (χ0v) is 13.9. The minimum absolute atomic E-state index is 0.00748. The van der Waals surface area contributed by atoms with E-state index in [1.807, 2.05) is 0 Å². The summed E-state index contributed by atoms with van der Waals surface area (Å²) in [7, 11) is -1.43. The van der Waals surface area contributed by atoms with Crippen molar-refractivity contribution in [1.82, 2.24) is 4.90 Å². The molecule has 2 aromatic rings. The van der Waals surface area contributed by atoms with Crippen LogP contribution >= 0.6 is 11.3 Å². The summed E-state index contributed by atoms with van der Waals surface area (Å²) in [4.78, 5) is 14.6. The van der Waals surface area contributed by atoms with Crippen molar-refractivity contribution in [2.45, 2.75) is 19.4 Å². The largest absolute Gasteiger partial charge is 0.337 e. The van der Waals surface area contributed by atoms with Crippen molar-refractivity contribution in [3.05, 3.63) is 34.5 Å². The van der Waals surface area contributed by atoms with Crippen LogP contribution in [-0.2, 0) is 9.84 Å². The fourth-order valence-electron chi connectivity index (χ4n) is 2.86. The Hall–Kier alpha value is -1.47. The highest BCUT2D eigenvalue weighted by molar-refractivity contribution is 7.91. The highest BCUT2D eigenvalue weighted by atomic mass is 32.2. The quantitative estimate of drug-likeness (QED) is 0.844. The summed E-state index contributed by atoms with van der Waals surface area (Å²) in [5, 5.41) is 0.475. The van der Waals surface area contributed by atoms with E-state index in [1.165, 1.54) is 22.3 Å². The number of carbonyl (C=O) groups excluding carboxylic acids is 1. The van der Waals surface area contributed by atoms with Crippen LogP contribution in [0, 0.1) is 12.7 Å². The smallest absolute Gasteiger partial charge is 0.264 e. The molecule has 1 unspecified atom stereocenters. The number of sulfone groups is 1. The predicted molar refractivity (Wildman–Crippen MR) is 85.7 cm³/mol. The molecule has 1 aromatic carbocycles. The first-order valence-electron chi connectivity index (χ1n) is 6.95. The maximum Gasteiger partial charge on any atom is 0.264 e. The Morgan fingerprint density at radius 3 is 2.73 bits per heavy atom. The second kappa shape index (κ2) is 5.31. The highest BCUT2D eigenvalue weighted by Gasteiger charge is 2.34. The predicted octanol–water partition coefficient (Wildman–Crippen LogP) is 2.61. The Labute approximate surface area is 132 Å². The van der Waals surface area contributed by atoms with E-state index in [0.717, 1.165) is 4.70 Å². The van der Waals surface area contributed by atoms with Crippen LogP contribution in [0.3, 0.4) is 0 Å². The van der Waals surface area contributed by atoms with Gasteiger partial charge in [-0.1, -0.05) is 6.07 Å². The minimum atomic E-state index is -3.05. The number of fused-ring (bicyclic) bond motifs is 1. The monoisotopic (exact) mass is 341 g/mol. The molecule has 0 saturated carbocycles. The van der Waals surface area contributed by atoms with E-state index in [4.69, 9.17) is 0 Å². The van der Waals surface area contributed by atoms with Crippen LogP contribution in [0.2, 0.25) is 0 Å². The summed E-state index contributed by atoms with van der Waals surface area (Å²) in [6, 6.07) is 4.48. The average Bonchev–Trinajstić information content (AvgIpc) is 2.98. The molecular weight excluding hydrogens is 325 g/mol. The summed E-state index contributed by atoms with van der Waals surface area (Å²) >= 11 is 1.25. The molecule has 1 amide bonds. The van der Waals surface area contributed by atoms with E-state index in [1.54, 1.807) is 26.1 Å². The van der Waals surface area contributed by atoms with Gasteiger partial charge in [0.1, 0.15) is 5.82 Å². The molecular formula is C15H16FNO3S2. The normalized spacial score (nSPS) is 20.4. The van der Waals surface area contributed by atoms with Gasteiger partial charge in [-0.2, -0.15) is 0 Å². The molecule has 7 heteroatoms. The SMILES string of the molecule is Cc1c(C(=O)N(C)C2CCS(=O)(=O)C2)sc2cccc(F)c12. The molecule has 0 N–H and O–H groups in total. The lowest BCUT2D eigenvalue weighted by Crippen LogP contribution is -2.37. The van der Waals surface area contributed by atoms with Gasteiger partial charge in [0.2, 0.25) is 0 Å². The summed E-state index contributed by atoms with van der Waals surface area (Å²) in [5.41, 5.74) is 0.621. The Bertz CT molecular complexity index is 857. The number of halogens is 1. The number of thiophene rings is 1. The van der Waals surface area contributed by atoms with Gasteiger partial charge >= 0.3 is 0 Å². The van der Waals surface area contributed by atoms with Gasteiger partial charge in [-0.3, -0.25) is 4.79 Å². The Morgan fingerprint density at radius 1 is 1.41 bits per heavy atom. The highest BCUT2D eigenvalue weighted by Crippen LogP contribution is 2.33. The Morgan fingerprint density at radius 2 is 2.14 bits per heavy atom. The topological polar surface area (TPSA) is 54.5 Å². The number of aryl methyl sites for hydroxylation is 1. The first-order valence-corrected chi connectivity index (χ1v) is 9.59. The molecule has 22 heavy (non-hydrogen) atoms. The molecule has 2 heterocycles. The summed E-state index contributed by atoms with van der Waals surface area (Å²) in [6.07, 6.45) is 0.461. The van der Waals surface area contributed by atoms with Gasteiger partial charge in [0.25, 0.3) is 5.91 Å². The molecule has 4 nitrogen and oxygen atoms in total. The van der Waals surface area contributed by atoms with E-state index < -0.39 is 9.84 Å². The van der Waals surface area contributed by atoms with Crippen LogP contribution in [0.4, 0.5) is 4.39 Å². The fraction of sp³-hybridized carbons (Fsp3) is 0.400. The van der Waals surface area contributed by atoms with Crippen molar-refractivity contribution in [2.75, 3.05) is 18.6 Å². The number of benzene rings is 1. The molecule has 1 aliphatic rings. The number of carbonyl (C=O) groups is 1. The zero-order chi connectivity index (χ0) is 16.1. The van der Waals surface area contributed by atoms with Gasteiger partial charge in [-0.15, -0.1) is 11.3 Å². The molecule has 1 saturated heterocycles. The van der Waals surface area contributed by atoms with E-state index in [-0.39, 0.29) is 29.3 Å².